The number of fused-ring (bicyclic) bond motifs is 2. The van der Waals surface area contributed by atoms with Crippen molar-refractivity contribution in [1.29, 1.82) is 0 Å². The second-order valence-electron chi connectivity index (χ2n) is 5.91. The molecule has 0 aromatic carbocycles. The van der Waals surface area contributed by atoms with Gasteiger partial charge in [-0.2, -0.15) is 0 Å². The van der Waals surface area contributed by atoms with Crippen molar-refractivity contribution in [3.63, 3.8) is 0 Å². The Balaban J connectivity index is 1.47. The molecule has 0 saturated heterocycles. The van der Waals surface area contributed by atoms with Crippen molar-refractivity contribution in [1.82, 2.24) is 5.32 Å². The molecule has 0 aromatic rings. The van der Waals surface area contributed by atoms with Gasteiger partial charge in [0.1, 0.15) is 0 Å². The molecule has 1 amide bonds. The van der Waals surface area contributed by atoms with Crippen LogP contribution in [0.2, 0.25) is 0 Å². The molecular weight excluding hydrogens is 230 g/mol. The molecule has 4 rings (SSSR count). The minimum Gasteiger partial charge on any atom is -0.481 e. The smallest absolute Gasteiger partial charge is 0.307 e. The zero-order chi connectivity index (χ0) is 12.7. The summed E-state index contributed by atoms with van der Waals surface area (Å²) in [5.74, 6) is 0.253. The molecule has 0 spiro atoms. The van der Waals surface area contributed by atoms with Crippen LogP contribution in [0.5, 0.6) is 0 Å². The summed E-state index contributed by atoms with van der Waals surface area (Å²) in [6, 6.07) is 0. The maximum atomic E-state index is 11.8. The molecule has 4 aliphatic rings. The molecular formula is C14H19NO3. The van der Waals surface area contributed by atoms with Crippen LogP contribution in [0, 0.1) is 29.6 Å². The molecule has 4 heteroatoms. The van der Waals surface area contributed by atoms with Gasteiger partial charge in [0.05, 0.1) is 11.8 Å². The number of amides is 1. The predicted molar refractivity (Wildman–Crippen MR) is 65.7 cm³/mol. The van der Waals surface area contributed by atoms with E-state index in [0.717, 1.165) is 0 Å². The van der Waals surface area contributed by atoms with E-state index in [4.69, 9.17) is 5.11 Å². The van der Waals surface area contributed by atoms with Gasteiger partial charge in [0.2, 0.25) is 5.91 Å². The Hall–Kier alpha value is -1.32. The van der Waals surface area contributed by atoms with Crippen LogP contribution in [0.1, 0.15) is 25.7 Å². The molecule has 0 heterocycles. The number of carbonyl (C=O) groups excluding carboxylic acids is 1. The van der Waals surface area contributed by atoms with E-state index >= 15 is 0 Å². The van der Waals surface area contributed by atoms with Gasteiger partial charge in [-0.1, -0.05) is 12.2 Å². The fourth-order valence-corrected chi connectivity index (χ4v) is 3.41. The third kappa shape index (κ3) is 2.16. The molecule has 0 unspecified atom stereocenters. The van der Waals surface area contributed by atoms with E-state index in [9.17, 15) is 9.59 Å². The predicted octanol–water partition coefficient (Wildman–Crippen LogP) is 1.43. The molecule has 4 nitrogen and oxygen atoms in total. The first kappa shape index (κ1) is 11.8. The monoisotopic (exact) mass is 249 g/mol. The molecule has 98 valence electrons. The van der Waals surface area contributed by atoms with E-state index in [1.165, 1.54) is 19.3 Å². The number of hydrogen-bond acceptors (Lipinski definition) is 2. The zero-order valence-corrected chi connectivity index (χ0v) is 10.3. The maximum absolute atomic E-state index is 11.8. The minimum absolute atomic E-state index is 0.0622. The molecule has 2 fully saturated rings. The number of carboxylic acid groups (broad SMARTS) is 1. The van der Waals surface area contributed by atoms with Crippen molar-refractivity contribution in [3.05, 3.63) is 12.2 Å². The van der Waals surface area contributed by atoms with Crippen molar-refractivity contribution in [2.24, 2.45) is 29.6 Å². The summed E-state index contributed by atoms with van der Waals surface area (Å²) in [5, 5.41) is 11.7. The summed E-state index contributed by atoms with van der Waals surface area (Å²) >= 11 is 0. The lowest BCUT2D eigenvalue weighted by atomic mass is 9.69. The molecule has 4 aliphatic carbocycles. The van der Waals surface area contributed by atoms with Crippen molar-refractivity contribution in [2.75, 3.05) is 6.54 Å². The van der Waals surface area contributed by atoms with Gasteiger partial charge < -0.3 is 10.4 Å². The summed E-state index contributed by atoms with van der Waals surface area (Å²) < 4.78 is 0. The highest BCUT2D eigenvalue weighted by Crippen LogP contribution is 2.41. The van der Waals surface area contributed by atoms with Crippen LogP contribution in [0.3, 0.4) is 0 Å². The van der Waals surface area contributed by atoms with Gasteiger partial charge in [0, 0.05) is 6.54 Å². The first-order valence-corrected chi connectivity index (χ1v) is 6.84. The molecule has 5 atom stereocenters. The zero-order valence-electron chi connectivity index (χ0n) is 10.3. The Bertz CT molecular complexity index is 404. The Morgan fingerprint density at radius 3 is 2.50 bits per heavy atom. The molecule has 0 aliphatic heterocycles. The second kappa shape index (κ2) is 4.41. The topological polar surface area (TPSA) is 66.4 Å². The lowest BCUT2D eigenvalue weighted by Crippen LogP contribution is -2.38. The average Bonchev–Trinajstić information content (AvgIpc) is 3.18. The minimum atomic E-state index is -0.838. The van der Waals surface area contributed by atoms with E-state index in [2.05, 4.69) is 17.5 Å². The number of nitrogens with one attached hydrogen (secondary N) is 1. The standard InChI is InChI=1S/C14H19NO3/c16-13(11-6-12(11)14(17)18)15-7-10-5-8-1-3-9(10)4-2-8/h1,3,8-12H,2,4-7H2,(H,15,16)(H,17,18)/t8-,9-,10-,11+,12+/m0/s1. The normalized spacial score (nSPS) is 40.6. The Kier molecular flexibility index (Phi) is 2.88. The fraction of sp³-hybridized carbons (Fsp3) is 0.714. The molecule has 2 bridgehead atoms. The fourth-order valence-electron chi connectivity index (χ4n) is 3.41. The van der Waals surface area contributed by atoms with Crippen LogP contribution < -0.4 is 5.32 Å². The number of allylic oxidation sites excluding steroid dienone is 2. The van der Waals surface area contributed by atoms with Crippen molar-refractivity contribution >= 4 is 11.9 Å². The highest BCUT2D eigenvalue weighted by atomic mass is 16.4. The van der Waals surface area contributed by atoms with Gasteiger partial charge in [-0.05, 0) is 43.4 Å². The van der Waals surface area contributed by atoms with Crippen LogP contribution in [0.15, 0.2) is 12.2 Å². The number of aliphatic carboxylic acids is 1. The maximum Gasteiger partial charge on any atom is 0.307 e. The van der Waals surface area contributed by atoms with Crippen molar-refractivity contribution in [3.8, 4) is 0 Å². The van der Waals surface area contributed by atoms with Crippen molar-refractivity contribution < 1.29 is 14.7 Å². The van der Waals surface area contributed by atoms with Crippen LogP contribution >= 0.6 is 0 Å². The van der Waals surface area contributed by atoms with Gasteiger partial charge in [-0.15, -0.1) is 0 Å². The van der Waals surface area contributed by atoms with Gasteiger partial charge >= 0.3 is 5.97 Å². The van der Waals surface area contributed by atoms with Crippen molar-refractivity contribution in [2.45, 2.75) is 25.7 Å². The van der Waals surface area contributed by atoms with E-state index in [0.29, 0.717) is 30.7 Å². The summed E-state index contributed by atoms with van der Waals surface area (Å²) in [7, 11) is 0. The van der Waals surface area contributed by atoms with E-state index in [1.807, 2.05) is 0 Å². The van der Waals surface area contributed by atoms with E-state index in [1.54, 1.807) is 0 Å². The van der Waals surface area contributed by atoms with Gasteiger partial charge in [-0.3, -0.25) is 9.59 Å². The molecule has 2 saturated carbocycles. The summed E-state index contributed by atoms with van der Waals surface area (Å²) in [6.45, 7) is 0.715. The highest BCUT2D eigenvalue weighted by molar-refractivity contribution is 5.89. The van der Waals surface area contributed by atoms with Crippen LogP contribution in [-0.2, 0) is 9.59 Å². The number of rotatable bonds is 4. The number of hydrogen-bond donors (Lipinski definition) is 2. The highest BCUT2D eigenvalue weighted by Gasteiger charge is 2.48. The number of carbonyl (C=O) groups is 2. The molecule has 0 radical (unpaired) electrons. The van der Waals surface area contributed by atoms with Crippen LogP contribution in [-0.4, -0.2) is 23.5 Å². The third-order valence-corrected chi connectivity index (χ3v) is 4.70. The first-order chi connectivity index (χ1) is 8.65. The Labute approximate surface area is 106 Å². The number of carboxylic acids is 1. The van der Waals surface area contributed by atoms with Crippen LogP contribution in [0.25, 0.3) is 0 Å². The molecule has 2 N–H and O–H groups in total. The molecule has 0 aromatic heterocycles. The Morgan fingerprint density at radius 2 is 2.00 bits per heavy atom. The third-order valence-electron chi connectivity index (χ3n) is 4.70. The average molecular weight is 249 g/mol. The van der Waals surface area contributed by atoms with Gasteiger partial charge in [0.15, 0.2) is 0 Å². The van der Waals surface area contributed by atoms with Gasteiger partial charge in [-0.25, -0.2) is 0 Å². The van der Waals surface area contributed by atoms with E-state index in [-0.39, 0.29) is 11.8 Å². The second-order valence-corrected chi connectivity index (χ2v) is 5.91. The lowest BCUT2D eigenvalue weighted by Gasteiger charge is -2.38. The Morgan fingerprint density at radius 1 is 1.17 bits per heavy atom. The van der Waals surface area contributed by atoms with Gasteiger partial charge in [0.25, 0.3) is 0 Å². The summed E-state index contributed by atoms with van der Waals surface area (Å²) in [5.41, 5.74) is 0. The first-order valence-electron chi connectivity index (χ1n) is 6.84. The summed E-state index contributed by atoms with van der Waals surface area (Å²) in [4.78, 5) is 22.5. The van der Waals surface area contributed by atoms with E-state index < -0.39 is 11.9 Å². The molecule has 18 heavy (non-hydrogen) atoms. The largest absolute Gasteiger partial charge is 0.481 e. The van der Waals surface area contributed by atoms with Crippen LogP contribution in [0.4, 0.5) is 0 Å². The SMILES string of the molecule is O=C(O)[C@@H]1C[C@H]1C(=O)NC[C@@H]1C[C@H]2C=C[C@H]1CC2. The lowest BCUT2D eigenvalue weighted by molar-refractivity contribution is -0.140. The quantitative estimate of drug-likeness (QED) is 0.741. The summed E-state index contributed by atoms with van der Waals surface area (Å²) in [6.07, 6.45) is 8.82.